The molecule has 0 radical (unpaired) electrons. The van der Waals surface area contributed by atoms with E-state index in [4.69, 9.17) is 0 Å². The summed E-state index contributed by atoms with van der Waals surface area (Å²) < 4.78 is 11.4. The van der Waals surface area contributed by atoms with Crippen LogP contribution in [0.2, 0.25) is 0 Å². The maximum atomic E-state index is 12.0. The molecule has 3 atom stereocenters. The van der Waals surface area contributed by atoms with Gasteiger partial charge in [-0.05, 0) is 31.0 Å². The molecule has 1 fully saturated rings. The van der Waals surface area contributed by atoms with E-state index in [-0.39, 0.29) is 17.9 Å². The van der Waals surface area contributed by atoms with Gasteiger partial charge in [-0.2, -0.15) is 0 Å². The molecule has 0 unspecified atom stereocenters. The Morgan fingerprint density at radius 1 is 1.27 bits per heavy atom. The lowest BCUT2D eigenvalue weighted by Gasteiger charge is -2.22. The van der Waals surface area contributed by atoms with Crippen molar-refractivity contribution in [3.05, 3.63) is 29.8 Å². The van der Waals surface area contributed by atoms with Gasteiger partial charge < -0.3 is 10.2 Å². The number of amides is 1. The first kappa shape index (κ1) is 17.2. The van der Waals surface area contributed by atoms with Crippen molar-refractivity contribution in [3.63, 3.8) is 0 Å². The lowest BCUT2D eigenvalue weighted by Crippen LogP contribution is -2.37. The lowest BCUT2D eigenvalue weighted by atomic mass is 10.1. The first-order valence-electron chi connectivity index (χ1n) is 7.86. The topological polar surface area (TPSA) is 49.4 Å². The molecular formula is C17H26N2O2S. The molecule has 1 aromatic carbocycles. The summed E-state index contributed by atoms with van der Waals surface area (Å²) in [5.74, 6) is 0.311. The van der Waals surface area contributed by atoms with Gasteiger partial charge in [-0.3, -0.25) is 9.00 Å². The highest BCUT2D eigenvalue weighted by molar-refractivity contribution is 7.84. The molecule has 1 aromatic rings. The van der Waals surface area contributed by atoms with Crippen molar-refractivity contribution in [2.45, 2.75) is 44.2 Å². The normalized spacial score (nSPS) is 21.1. The van der Waals surface area contributed by atoms with Gasteiger partial charge in [-0.15, -0.1) is 0 Å². The molecule has 0 aliphatic carbocycles. The minimum absolute atomic E-state index is 0.0682. The molecule has 22 heavy (non-hydrogen) atoms. The van der Waals surface area contributed by atoms with Crippen LogP contribution in [0.15, 0.2) is 29.2 Å². The van der Waals surface area contributed by atoms with Gasteiger partial charge in [-0.25, -0.2) is 0 Å². The highest BCUT2D eigenvalue weighted by atomic mass is 32.2. The number of hydrogen-bond acceptors (Lipinski definition) is 3. The molecule has 0 aromatic heterocycles. The second-order valence-corrected chi connectivity index (χ2v) is 7.72. The summed E-state index contributed by atoms with van der Waals surface area (Å²) in [6.07, 6.45) is 2.69. The Hall–Kier alpha value is -1.20. The van der Waals surface area contributed by atoms with Crippen molar-refractivity contribution >= 4 is 16.7 Å². The minimum Gasteiger partial charge on any atom is -0.341 e. The van der Waals surface area contributed by atoms with Gasteiger partial charge in [0.15, 0.2) is 0 Å². The summed E-state index contributed by atoms with van der Waals surface area (Å²) >= 11 is 0. The average molecular weight is 322 g/mol. The van der Waals surface area contributed by atoms with Crippen molar-refractivity contribution in [3.8, 4) is 0 Å². The minimum atomic E-state index is -0.934. The van der Waals surface area contributed by atoms with Crippen LogP contribution in [0.4, 0.5) is 0 Å². The van der Waals surface area contributed by atoms with Crippen LogP contribution in [0.25, 0.3) is 0 Å². The molecule has 1 heterocycles. The van der Waals surface area contributed by atoms with Crippen molar-refractivity contribution < 1.29 is 9.00 Å². The smallest absolute Gasteiger partial charge is 0.225 e. The number of nitrogens with zero attached hydrogens (tertiary/aromatic N) is 1. The van der Waals surface area contributed by atoms with E-state index < -0.39 is 10.8 Å². The van der Waals surface area contributed by atoms with Gasteiger partial charge in [0, 0.05) is 53.0 Å². The zero-order valence-corrected chi connectivity index (χ0v) is 14.7. The summed E-state index contributed by atoms with van der Waals surface area (Å²) in [6.45, 7) is 7.66. The maximum Gasteiger partial charge on any atom is 0.225 e. The molecule has 4 nitrogen and oxygen atoms in total. The molecule has 0 bridgehead atoms. The van der Waals surface area contributed by atoms with Crippen LogP contribution in [-0.4, -0.2) is 40.4 Å². The van der Waals surface area contributed by atoms with Gasteiger partial charge in [-0.1, -0.05) is 26.0 Å². The van der Waals surface area contributed by atoms with Crippen LogP contribution in [0, 0.1) is 5.92 Å². The molecule has 122 valence electrons. The van der Waals surface area contributed by atoms with E-state index in [0.717, 1.165) is 24.4 Å². The Morgan fingerprint density at radius 3 is 2.45 bits per heavy atom. The number of hydrogen-bond donors (Lipinski definition) is 1. The summed E-state index contributed by atoms with van der Waals surface area (Å²) in [6, 6.07) is 8.47. The SMILES string of the molecule is CC(C)C(=O)N1CC[C@H](N[C@H](C)c2ccc([S@](C)=O)cc2)C1. The predicted octanol–water partition coefficient (Wildman–Crippen LogP) is 2.33. The maximum absolute atomic E-state index is 12.0. The fourth-order valence-electron chi connectivity index (χ4n) is 2.86. The van der Waals surface area contributed by atoms with Crippen LogP contribution in [0.3, 0.4) is 0 Å². The van der Waals surface area contributed by atoms with Gasteiger partial charge in [0.1, 0.15) is 0 Å². The second-order valence-electron chi connectivity index (χ2n) is 6.34. The molecule has 1 N–H and O–H groups in total. The predicted molar refractivity (Wildman–Crippen MR) is 90.1 cm³/mol. The van der Waals surface area contributed by atoms with Crippen molar-refractivity contribution in [2.75, 3.05) is 19.3 Å². The summed E-state index contributed by atoms with van der Waals surface area (Å²) in [7, 11) is -0.934. The molecule has 1 aliphatic heterocycles. The highest BCUT2D eigenvalue weighted by Gasteiger charge is 2.28. The Morgan fingerprint density at radius 2 is 1.91 bits per heavy atom. The fraction of sp³-hybridized carbons (Fsp3) is 0.588. The summed E-state index contributed by atoms with van der Waals surface area (Å²) in [5.41, 5.74) is 1.18. The molecule has 1 aliphatic rings. The molecular weight excluding hydrogens is 296 g/mol. The van der Waals surface area contributed by atoms with Gasteiger partial charge >= 0.3 is 0 Å². The molecule has 2 rings (SSSR count). The van der Waals surface area contributed by atoms with E-state index in [1.54, 1.807) is 6.26 Å². The quantitative estimate of drug-likeness (QED) is 0.905. The lowest BCUT2D eigenvalue weighted by molar-refractivity contribution is -0.133. The molecule has 1 amide bonds. The Balaban J connectivity index is 1.91. The van der Waals surface area contributed by atoms with E-state index in [9.17, 15) is 9.00 Å². The third-order valence-electron chi connectivity index (χ3n) is 4.19. The summed E-state index contributed by atoms with van der Waals surface area (Å²) in [4.78, 5) is 14.8. The van der Waals surface area contributed by atoms with Crippen LogP contribution < -0.4 is 5.32 Å². The fourth-order valence-corrected chi connectivity index (χ4v) is 3.38. The van der Waals surface area contributed by atoms with Crippen molar-refractivity contribution in [1.82, 2.24) is 10.2 Å². The zero-order valence-electron chi connectivity index (χ0n) is 13.8. The van der Waals surface area contributed by atoms with Crippen LogP contribution >= 0.6 is 0 Å². The van der Waals surface area contributed by atoms with Gasteiger partial charge in [0.2, 0.25) is 5.91 Å². The number of carbonyl (C=O) groups is 1. The largest absolute Gasteiger partial charge is 0.341 e. The number of likely N-dealkylation sites (tertiary alicyclic amines) is 1. The average Bonchev–Trinajstić information content (AvgIpc) is 2.94. The van der Waals surface area contributed by atoms with E-state index >= 15 is 0 Å². The third-order valence-corrected chi connectivity index (χ3v) is 5.13. The van der Waals surface area contributed by atoms with Crippen LogP contribution in [0.1, 0.15) is 38.8 Å². The first-order chi connectivity index (χ1) is 10.4. The standard InChI is InChI=1S/C17H26N2O2S/c1-12(2)17(20)19-10-9-15(11-19)18-13(3)14-5-7-16(8-6-14)22(4)21/h5-8,12-13,15,18H,9-11H2,1-4H3/t13-,15+,22+/m1/s1. The molecule has 0 spiro atoms. The molecule has 0 saturated carbocycles. The Kier molecular flexibility index (Phi) is 5.75. The van der Waals surface area contributed by atoms with Crippen LogP contribution in [-0.2, 0) is 15.6 Å². The van der Waals surface area contributed by atoms with Crippen LogP contribution in [0.5, 0.6) is 0 Å². The number of carbonyl (C=O) groups excluding carboxylic acids is 1. The monoisotopic (exact) mass is 322 g/mol. The first-order valence-corrected chi connectivity index (χ1v) is 9.42. The Labute approximate surface area is 135 Å². The number of rotatable bonds is 5. The van der Waals surface area contributed by atoms with Crippen molar-refractivity contribution in [2.24, 2.45) is 5.92 Å². The van der Waals surface area contributed by atoms with E-state index in [0.29, 0.717) is 6.04 Å². The highest BCUT2D eigenvalue weighted by Crippen LogP contribution is 2.19. The third kappa shape index (κ3) is 4.17. The van der Waals surface area contributed by atoms with Gasteiger partial charge in [0.25, 0.3) is 0 Å². The Bertz CT molecular complexity index is 542. The second kappa shape index (κ2) is 7.38. The zero-order chi connectivity index (χ0) is 16.3. The van der Waals surface area contributed by atoms with Crippen molar-refractivity contribution in [1.29, 1.82) is 0 Å². The molecule has 1 saturated heterocycles. The van der Waals surface area contributed by atoms with E-state index in [1.165, 1.54) is 5.56 Å². The van der Waals surface area contributed by atoms with E-state index in [1.807, 2.05) is 43.0 Å². The van der Waals surface area contributed by atoms with E-state index in [2.05, 4.69) is 12.2 Å². The molecule has 5 heteroatoms. The summed E-state index contributed by atoms with van der Waals surface area (Å²) in [5, 5.41) is 3.60. The number of nitrogens with one attached hydrogen (secondary N) is 1. The number of benzene rings is 1. The van der Waals surface area contributed by atoms with Gasteiger partial charge in [0.05, 0.1) is 0 Å².